The second-order valence-corrected chi connectivity index (χ2v) is 11.4. The van der Waals surface area contributed by atoms with Crippen LogP contribution in [0.4, 0.5) is 14.5 Å². The number of carbonyl (C=O) groups is 3. The average Bonchev–Trinajstić information content (AvgIpc) is 3.38. The zero-order valence-electron chi connectivity index (χ0n) is 25.0. The molecule has 0 spiro atoms. The van der Waals surface area contributed by atoms with Crippen LogP contribution < -0.4 is 15.5 Å². The maximum absolute atomic E-state index is 14.7. The zero-order chi connectivity index (χ0) is 32.1. The first kappa shape index (κ1) is 31.5. The van der Waals surface area contributed by atoms with Crippen LogP contribution in [0.5, 0.6) is 0 Å². The molecule has 5 rings (SSSR count). The fourth-order valence-electron chi connectivity index (χ4n) is 5.42. The van der Waals surface area contributed by atoms with Crippen molar-refractivity contribution >= 4 is 34.3 Å². The molecule has 0 bridgehead atoms. The fourth-order valence-corrected chi connectivity index (χ4v) is 5.42. The summed E-state index contributed by atoms with van der Waals surface area (Å²) in [5, 5.41) is 17.4. The number of alkyl halides is 2. The molecule has 1 aliphatic heterocycles. The van der Waals surface area contributed by atoms with Gasteiger partial charge in [0.2, 0.25) is 5.91 Å². The van der Waals surface area contributed by atoms with Gasteiger partial charge in [0, 0.05) is 49.9 Å². The summed E-state index contributed by atoms with van der Waals surface area (Å²) in [7, 11) is 3.79. The van der Waals surface area contributed by atoms with E-state index >= 15 is 0 Å². The Morgan fingerprint density at radius 3 is 2.44 bits per heavy atom. The van der Waals surface area contributed by atoms with E-state index < -0.39 is 54.8 Å². The number of halogens is 2. The maximum Gasteiger partial charge on any atom is 0.267 e. The van der Waals surface area contributed by atoms with Gasteiger partial charge in [0.15, 0.2) is 6.10 Å². The Balaban J connectivity index is 1.33. The van der Waals surface area contributed by atoms with Gasteiger partial charge in [0.25, 0.3) is 17.7 Å². The molecule has 0 saturated carbocycles. The number of amides is 3. The molecular weight excluding hydrogens is 580 g/mol. The van der Waals surface area contributed by atoms with Crippen molar-refractivity contribution in [2.75, 3.05) is 25.5 Å². The minimum Gasteiger partial charge on any atom is -0.381 e. The van der Waals surface area contributed by atoms with Crippen LogP contribution >= 0.6 is 0 Å². The van der Waals surface area contributed by atoms with Crippen LogP contribution in [0.3, 0.4) is 0 Å². The summed E-state index contributed by atoms with van der Waals surface area (Å²) in [6, 6.07) is 22.0. The van der Waals surface area contributed by atoms with Gasteiger partial charge in [-0.2, -0.15) is 0 Å². The Hall–Kier alpha value is -4.90. The number of anilines is 1. The van der Waals surface area contributed by atoms with Crippen molar-refractivity contribution in [3.05, 3.63) is 108 Å². The fraction of sp³-hybridized carbons (Fsp3) is 0.294. The highest BCUT2D eigenvalue weighted by molar-refractivity contribution is 5.98. The molecular formula is C34H35F2N5O4. The van der Waals surface area contributed by atoms with Crippen LogP contribution in [-0.4, -0.2) is 77.5 Å². The third-order valence-electron chi connectivity index (χ3n) is 7.89. The quantitative estimate of drug-likeness (QED) is 0.252. The van der Waals surface area contributed by atoms with Gasteiger partial charge in [0.1, 0.15) is 6.04 Å². The zero-order valence-corrected chi connectivity index (χ0v) is 25.0. The van der Waals surface area contributed by atoms with E-state index in [-0.39, 0.29) is 18.5 Å². The molecule has 9 nitrogen and oxygen atoms in total. The molecule has 1 aromatic heterocycles. The predicted molar refractivity (Wildman–Crippen MR) is 167 cm³/mol. The van der Waals surface area contributed by atoms with Crippen LogP contribution in [0.2, 0.25) is 0 Å². The van der Waals surface area contributed by atoms with E-state index in [1.165, 1.54) is 0 Å². The van der Waals surface area contributed by atoms with Crippen molar-refractivity contribution in [2.45, 2.75) is 43.5 Å². The number of nitrogens with zero attached hydrogens (tertiary/aromatic N) is 3. The lowest BCUT2D eigenvalue weighted by molar-refractivity contribution is -0.147. The van der Waals surface area contributed by atoms with Gasteiger partial charge < -0.3 is 25.5 Å². The number of aliphatic hydroxyl groups is 1. The van der Waals surface area contributed by atoms with Crippen molar-refractivity contribution in [1.29, 1.82) is 0 Å². The molecule has 3 N–H and O–H groups in total. The van der Waals surface area contributed by atoms with Crippen LogP contribution in [0.1, 0.15) is 27.9 Å². The molecule has 11 heteroatoms. The van der Waals surface area contributed by atoms with Crippen molar-refractivity contribution < 1.29 is 28.3 Å². The van der Waals surface area contributed by atoms with Gasteiger partial charge in [-0.25, -0.2) is 8.78 Å². The second kappa shape index (κ2) is 13.4. The molecule has 3 unspecified atom stereocenters. The molecule has 3 atom stereocenters. The molecule has 234 valence electrons. The Bertz CT molecular complexity index is 1670. The summed E-state index contributed by atoms with van der Waals surface area (Å²) < 4.78 is 29.4. The smallest absolute Gasteiger partial charge is 0.267 e. The summed E-state index contributed by atoms with van der Waals surface area (Å²) in [6.07, 6.45) is -1.10. The Kier molecular flexibility index (Phi) is 9.38. The first-order chi connectivity index (χ1) is 21.5. The monoisotopic (exact) mass is 615 g/mol. The normalized spacial score (nSPS) is 17.0. The van der Waals surface area contributed by atoms with E-state index in [0.29, 0.717) is 11.1 Å². The third-order valence-corrected chi connectivity index (χ3v) is 7.89. The summed E-state index contributed by atoms with van der Waals surface area (Å²) in [6.45, 7) is -0.949. The van der Waals surface area contributed by atoms with E-state index in [1.54, 1.807) is 66.9 Å². The molecule has 1 saturated heterocycles. The number of rotatable bonds is 10. The molecule has 3 aromatic carbocycles. The molecule has 1 fully saturated rings. The predicted octanol–water partition coefficient (Wildman–Crippen LogP) is 3.56. The first-order valence-corrected chi connectivity index (χ1v) is 14.6. The van der Waals surface area contributed by atoms with E-state index in [0.717, 1.165) is 21.5 Å². The number of hydrogen-bond acceptors (Lipinski definition) is 6. The number of pyridine rings is 1. The highest BCUT2D eigenvalue weighted by Crippen LogP contribution is 2.33. The molecule has 0 radical (unpaired) electrons. The summed E-state index contributed by atoms with van der Waals surface area (Å²) >= 11 is 0. The molecule has 0 aliphatic carbocycles. The third kappa shape index (κ3) is 7.61. The first-order valence-electron chi connectivity index (χ1n) is 14.6. The minimum absolute atomic E-state index is 0.0403. The van der Waals surface area contributed by atoms with Crippen LogP contribution in [0.25, 0.3) is 10.9 Å². The largest absolute Gasteiger partial charge is 0.381 e. The van der Waals surface area contributed by atoms with E-state index in [4.69, 9.17) is 0 Å². The number of likely N-dealkylation sites (tertiary alicyclic amines) is 1. The van der Waals surface area contributed by atoms with E-state index in [1.807, 2.05) is 43.3 Å². The molecule has 45 heavy (non-hydrogen) atoms. The van der Waals surface area contributed by atoms with Crippen molar-refractivity contribution in [3.8, 4) is 0 Å². The maximum atomic E-state index is 14.7. The lowest BCUT2D eigenvalue weighted by Crippen LogP contribution is -2.55. The van der Waals surface area contributed by atoms with Gasteiger partial charge >= 0.3 is 0 Å². The van der Waals surface area contributed by atoms with E-state index in [2.05, 4.69) is 15.6 Å². The molecule has 1 aliphatic rings. The number of nitrogens with one attached hydrogen (secondary N) is 2. The number of benzene rings is 3. The summed E-state index contributed by atoms with van der Waals surface area (Å²) in [4.78, 5) is 47.0. The Morgan fingerprint density at radius 1 is 1.00 bits per heavy atom. The topological polar surface area (TPSA) is 115 Å². The molecule has 4 aromatic rings. The summed E-state index contributed by atoms with van der Waals surface area (Å²) in [5.41, 5.74) is 3.39. The number of aliphatic hydroxyl groups excluding tert-OH is 1. The second-order valence-electron chi connectivity index (χ2n) is 11.4. The lowest BCUT2D eigenvalue weighted by Gasteiger charge is -2.30. The van der Waals surface area contributed by atoms with Gasteiger partial charge in [-0.05, 0) is 53.9 Å². The number of aromatic nitrogens is 1. The number of hydrogen-bond donors (Lipinski definition) is 3. The van der Waals surface area contributed by atoms with Gasteiger partial charge in [0.05, 0.1) is 18.1 Å². The highest BCUT2D eigenvalue weighted by atomic mass is 19.3. The minimum atomic E-state index is -3.33. The van der Waals surface area contributed by atoms with Crippen molar-refractivity contribution in [2.24, 2.45) is 0 Å². The Morgan fingerprint density at radius 2 is 1.73 bits per heavy atom. The van der Waals surface area contributed by atoms with Gasteiger partial charge in [-0.3, -0.25) is 19.4 Å². The van der Waals surface area contributed by atoms with Crippen molar-refractivity contribution in [3.63, 3.8) is 0 Å². The lowest BCUT2D eigenvalue weighted by atomic mass is 9.99. The van der Waals surface area contributed by atoms with Crippen molar-refractivity contribution in [1.82, 2.24) is 20.5 Å². The van der Waals surface area contributed by atoms with Gasteiger partial charge in [-0.15, -0.1) is 0 Å². The SMILES string of the molecule is CN(C)c1ccc(CNC(=O)C2CC(F)(F)CN2C(=O)C(O)C(Cc2ccccc2)NC(=O)c2ccc3ncccc3c2)cc1. The van der Waals surface area contributed by atoms with Crippen LogP contribution in [0.15, 0.2) is 91.1 Å². The summed E-state index contributed by atoms with van der Waals surface area (Å²) in [5.74, 6) is -5.71. The average molecular weight is 616 g/mol. The van der Waals surface area contributed by atoms with Crippen LogP contribution in [0, 0.1) is 0 Å². The number of carbonyl (C=O) groups excluding carboxylic acids is 3. The molecule has 3 amide bonds. The Labute approximate surface area is 259 Å². The van der Waals surface area contributed by atoms with Crippen LogP contribution in [-0.2, 0) is 22.6 Å². The van der Waals surface area contributed by atoms with Gasteiger partial charge in [-0.1, -0.05) is 48.5 Å². The molecule has 2 heterocycles. The standard InChI is InChI=1S/C34H35F2N5O4/c1-40(2)26-13-10-23(11-14-26)20-38-32(44)29-19-34(35,36)21-41(29)33(45)30(42)28(17-22-7-4-3-5-8-22)39-31(43)25-12-15-27-24(18-25)9-6-16-37-27/h3-16,18,28-30,42H,17,19-21H2,1-2H3,(H,38,44)(H,39,43). The van der Waals surface area contributed by atoms with E-state index in [9.17, 15) is 28.3 Å². The highest BCUT2D eigenvalue weighted by Gasteiger charge is 2.51. The number of fused-ring (bicyclic) bond motifs is 1.